The number of aryl methyl sites for hydroxylation is 3. The van der Waals surface area contributed by atoms with Gasteiger partial charge in [-0.1, -0.05) is 11.3 Å². The average molecular weight is 561 g/mol. The van der Waals surface area contributed by atoms with Crippen LogP contribution in [0.1, 0.15) is 30.0 Å². The van der Waals surface area contributed by atoms with Gasteiger partial charge in [0.2, 0.25) is 5.91 Å². The molecule has 14 heteroatoms. The zero-order valence-corrected chi connectivity index (χ0v) is 22.3. The summed E-state index contributed by atoms with van der Waals surface area (Å²) < 4.78 is 21.8. The fourth-order valence-electron chi connectivity index (χ4n) is 4.51. The molecular weight excluding hydrogens is 531 g/mol. The third kappa shape index (κ3) is 5.62. The van der Waals surface area contributed by atoms with Gasteiger partial charge in [0.15, 0.2) is 0 Å². The number of ether oxygens (including phenoxy) is 1. The van der Waals surface area contributed by atoms with Crippen molar-refractivity contribution in [1.29, 1.82) is 0 Å². The first-order valence-electron chi connectivity index (χ1n) is 12.3. The minimum Gasteiger partial charge on any atom is -0.496 e. The lowest BCUT2D eigenvalue weighted by Crippen LogP contribution is -2.49. The van der Waals surface area contributed by atoms with E-state index in [1.807, 2.05) is 0 Å². The molecule has 12 nitrogen and oxygen atoms in total. The largest absolute Gasteiger partial charge is 0.496 e. The molecule has 39 heavy (non-hydrogen) atoms. The molecule has 0 unspecified atom stereocenters. The molecule has 0 radical (unpaired) electrons. The molecule has 1 amide bonds. The lowest BCUT2D eigenvalue weighted by molar-refractivity contribution is -0.126. The monoisotopic (exact) mass is 560 g/mol. The third-order valence-electron chi connectivity index (χ3n) is 6.33. The molecule has 0 bridgehead atoms. The summed E-state index contributed by atoms with van der Waals surface area (Å²) in [5.41, 5.74) is 0.108. The summed E-state index contributed by atoms with van der Waals surface area (Å²) in [5, 5.41) is 27.3. The second-order valence-electron chi connectivity index (χ2n) is 8.74. The summed E-state index contributed by atoms with van der Waals surface area (Å²) in [4.78, 5) is 41.8. The van der Waals surface area contributed by atoms with Crippen LogP contribution in [-0.4, -0.2) is 67.1 Å². The Morgan fingerprint density at radius 3 is 2.54 bits per heavy atom. The van der Waals surface area contributed by atoms with Crippen LogP contribution in [0.2, 0.25) is 0 Å². The lowest BCUT2D eigenvalue weighted by atomic mass is 10.1. The molecule has 1 aliphatic rings. The molecule has 5 rings (SSSR count). The zero-order valence-electron chi connectivity index (χ0n) is 21.5. The Hall–Kier alpha value is -3.88. The second kappa shape index (κ2) is 12.3. The molecule has 0 spiro atoms. The topological polar surface area (TPSA) is 153 Å². The number of nitrogens with one attached hydrogen (secondary N) is 1. The highest BCUT2D eigenvalue weighted by atomic mass is 32.1. The SMILES string of the molecule is COc1ccc(F)cc1CCn1c(=O)n([C@H]2CCCNC2=O)c(=O)c2c(C)c(-n3nccn3)sc21.OCCO. The number of thiophene rings is 1. The van der Waals surface area contributed by atoms with Crippen LogP contribution in [0.5, 0.6) is 5.75 Å². The Labute approximate surface area is 225 Å². The Morgan fingerprint density at radius 2 is 1.90 bits per heavy atom. The van der Waals surface area contributed by atoms with E-state index in [0.717, 1.165) is 4.57 Å². The van der Waals surface area contributed by atoms with E-state index in [1.54, 1.807) is 6.92 Å². The van der Waals surface area contributed by atoms with E-state index >= 15 is 0 Å². The molecule has 1 atom stereocenters. The number of carbonyl (C=O) groups is 1. The Bertz CT molecular complexity index is 1580. The van der Waals surface area contributed by atoms with Gasteiger partial charge >= 0.3 is 5.69 Å². The summed E-state index contributed by atoms with van der Waals surface area (Å²) in [6, 6.07) is 3.31. The van der Waals surface area contributed by atoms with E-state index in [2.05, 4.69) is 15.5 Å². The quantitative estimate of drug-likeness (QED) is 0.302. The first-order valence-corrected chi connectivity index (χ1v) is 13.1. The van der Waals surface area contributed by atoms with Crippen molar-refractivity contribution >= 4 is 27.5 Å². The van der Waals surface area contributed by atoms with Gasteiger partial charge in [-0.3, -0.25) is 14.2 Å². The molecule has 3 N–H and O–H groups in total. The van der Waals surface area contributed by atoms with Gasteiger partial charge in [0.25, 0.3) is 5.56 Å². The molecule has 0 aliphatic carbocycles. The maximum absolute atomic E-state index is 13.9. The van der Waals surface area contributed by atoms with Crippen LogP contribution >= 0.6 is 11.3 Å². The summed E-state index contributed by atoms with van der Waals surface area (Å²) in [6.07, 6.45) is 4.37. The van der Waals surface area contributed by atoms with Gasteiger partial charge in [-0.25, -0.2) is 13.8 Å². The van der Waals surface area contributed by atoms with Crippen LogP contribution < -0.4 is 21.3 Å². The van der Waals surface area contributed by atoms with Gasteiger partial charge in [0.05, 0.1) is 38.1 Å². The Morgan fingerprint density at radius 1 is 1.18 bits per heavy atom. The van der Waals surface area contributed by atoms with E-state index in [1.165, 1.54) is 58.4 Å². The fourth-order valence-corrected chi connectivity index (χ4v) is 5.75. The molecule has 208 valence electrons. The maximum Gasteiger partial charge on any atom is 0.332 e. The fraction of sp³-hybridized carbons (Fsp3) is 0.400. The number of hydrogen-bond acceptors (Lipinski definition) is 9. The number of nitrogens with zero attached hydrogens (tertiary/aromatic N) is 5. The molecule has 4 heterocycles. The number of aromatic nitrogens is 5. The normalized spacial score (nSPS) is 15.1. The third-order valence-corrected chi connectivity index (χ3v) is 7.61. The highest BCUT2D eigenvalue weighted by Gasteiger charge is 2.30. The van der Waals surface area contributed by atoms with Gasteiger partial charge in [-0.15, -0.1) is 4.80 Å². The van der Waals surface area contributed by atoms with Crippen LogP contribution in [0.3, 0.4) is 0 Å². The molecule has 1 aliphatic heterocycles. The molecule has 1 aromatic carbocycles. The van der Waals surface area contributed by atoms with Crippen molar-refractivity contribution in [2.45, 2.75) is 38.8 Å². The van der Waals surface area contributed by atoms with Gasteiger partial charge in [0.1, 0.15) is 27.4 Å². The standard InChI is InChI=1S/C23H23FN6O4S.C2H6O2/c1-13-18-20(32)29(16-4-3-8-25-19(16)31)23(33)28(22(18)35-21(13)30-26-9-10-27-30)11-7-14-12-15(24)5-6-17(14)34-2;3-1-2-4/h5-6,9-10,12,16H,3-4,7-8,11H2,1-2H3,(H,25,31);3-4H,1-2H2/t16-;/m0./s1. The van der Waals surface area contributed by atoms with Gasteiger partial charge in [0, 0.05) is 18.7 Å². The van der Waals surface area contributed by atoms with Gasteiger partial charge in [-0.2, -0.15) is 10.2 Å². The van der Waals surface area contributed by atoms with E-state index in [0.29, 0.717) is 51.5 Å². The van der Waals surface area contributed by atoms with Gasteiger partial charge in [-0.05, 0) is 49.9 Å². The number of aliphatic hydroxyl groups is 2. The number of carbonyl (C=O) groups excluding carboxylic acids is 1. The van der Waals surface area contributed by atoms with E-state index in [-0.39, 0.29) is 32.1 Å². The number of methoxy groups -OCH3 is 1. The van der Waals surface area contributed by atoms with Crippen molar-refractivity contribution in [2.24, 2.45) is 0 Å². The molecule has 1 saturated heterocycles. The Kier molecular flexibility index (Phi) is 8.89. The molecule has 4 aromatic rings. The number of benzene rings is 1. The van der Waals surface area contributed by atoms with Crippen molar-refractivity contribution < 1.29 is 24.1 Å². The summed E-state index contributed by atoms with van der Waals surface area (Å²) >= 11 is 1.22. The first kappa shape index (κ1) is 28.1. The van der Waals surface area contributed by atoms with Crippen molar-refractivity contribution in [3.8, 4) is 10.8 Å². The minimum atomic E-state index is -0.895. The van der Waals surface area contributed by atoms with Crippen LogP contribution in [0.25, 0.3) is 15.2 Å². The second-order valence-corrected chi connectivity index (χ2v) is 9.72. The number of fused-ring (bicyclic) bond motifs is 1. The van der Waals surface area contributed by atoms with E-state index < -0.39 is 23.1 Å². The van der Waals surface area contributed by atoms with Crippen LogP contribution in [0.15, 0.2) is 40.2 Å². The zero-order chi connectivity index (χ0) is 28.1. The summed E-state index contributed by atoms with van der Waals surface area (Å²) in [6.45, 7) is 2.18. The van der Waals surface area contributed by atoms with E-state index in [4.69, 9.17) is 14.9 Å². The van der Waals surface area contributed by atoms with Gasteiger partial charge < -0.3 is 20.3 Å². The lowest BCUT2D eigenvalue weighted by Gasteiger charge is -2.24. The number of aliphatic hydroxyl groups excluding tert-OH is 2. The smallest absolute Gasteiger partial charge is 0.332 e. The maximum atomic E-state index is 13.9. The molecule has 3 aromatic heterocycles. The number of rotatable bonds is 7. The van der Waals surface area contributed by atoms with Crippen LogP contribution in [0, 0.1) is 12.7 Å². The number of halogens is 1. The van der Waals surface area contributed by atoms with Crippen LogP contribution in [0.4, 0.5) is 4.39 Å². The average Bonchev–Trinajstić information content (AvgIpc) is 3.58. The van der Waals surface area contributed by atoms with Crippen molar-refractivity contribution in [3.63, 3.8) is 0 Å². The highest BCUT2D eigenvalue weighted by molar-refractivity contribution is 7.21. The van der Waals surface area contributed by atoms with Crippen molar-refractivity contribution in [3.05, 3.63) is 68.4 Å². The molecule has 1 fully saturated rings. The Balaban J connectivity index is 0.000000826. The van der Waals surface area contributed by atoms with Crippen molar-refractivity contribution in [2.75, 3.05) is 26.9 Å². The summed E-state index contributed by atoms with van der Waals surface area (Å²) in [7, 11) is 1.50. The number of hydrogen-bond donors (Lipinski definition) is 3. The first-order chi connectivity index (χ1) is 18.8. The highest BCUT2D eigenvalue weighted by Crippen LogP contribution is 2.31. The minimum absolute atomic E-state index is 0.125. The molecule has 0 saturated carbocycles. The van der Waals surface area contributed by atoms with Crippen LogP contribution in [-0.2, 0) is 17.8 Å². The number of piperidine rings is 1. The predicted molar refractivity (Wildman–Crippen MR) is 142 cm³/mol. The molecular formula is C25H29FN6O6S. The number of amides is 1. The van der Waals surface area contributed by atoms with Crippen molar-refractivity contribution in [1.82, 2.24) is 29.4 Å². The van der Waals surface area contributed by atoms with E-state index in [9.17, 15) is 18.8 Å². The predicted octanol–water partition coefficient (Wildman–Crippen LogP) is 0.926. The summed E-state index contributed by atoms with van der Waals surface area (Å²) in [5.74, 6) is -0.268.